The zero-order chi connectivity index (χ0) is 10.7. The summed E-state index contributed by atoms with van der Waals surface area (Å²) in [6.07, 6.45) is 3.44. The Balaban J connectivity index is 2.43. The SMILES string of the molecule is COc1ccc(-c2ccncc2)nc1N. The maximum absolute atomic E-state index is 5.72. The topological polar surface area (TPSA) is 61.0 Å². The number of methoxy groups -OCH3 is 1. The van der Waals surface area contributed by atoms with Crippen LogP contribution in [0.15, 0.2) is 36.7 Å². The minimum Gasteiger partial charge on any atom is -0.493 e. The lowest BCUT2D eigenvalue weighted by Crippen LogP contribution is -1.96. The van der Waals surface area contributed by atoms with E-state index >= 15 is 0 Å². The van der Waals surface area contributed by atoms with Crippen LogP contribution in [0.4, 0.5) is 5.82 Å². The summed E-state index contributed by atoms with van der Waals surface area (Å²) in [4.78, 5) is 8.18. The molecule has 0 fully saturated rings. The summed E-state index contributed by atoms with van der Waals surface area (Å²) in [6.45, 7) is 0. The molecule has 4 nitrogen and oxygen atoms in total. The van der Waals surface area contributed by atoms with Crippen LogP contribution in [0.1, 0.15) is 0 Å². The van der Waals surface area contributed by atoms with Gasteiger partial charge in [-0.05, 0) is 24.3 Å². The molecule has 0 atom stereocenters. The van der Waals surface area contributed by atoms with Gasteiger partial charge in [0.15, 0.2) is 11.6 Å². The Kier molecular flexibility index (Phi) is 2.49. The van der Waals surface area contributed by atoms with Crippen LogP contribution in [0.2, 0.25) is 0 Å². The summed E-state index contributed by atoms with van der Waals surface area (Å²) in [6, 6.07) is 7.44. The summed E-state index contributed by atoms with van der Waals surface area (Å²) < 4.78 is 5.04. The first kappa shape index (κ1) is 9.45. The van der Waals surface area contributed by atoms with Crippen LogP contribution in [0.5, 0.6) is 5.75 Å². The van der Waals surface area contributed by atoms with E-state index in [0.717, 1.165) is 11.3 Å². The summed E-state index contributed by atoms with van der Waals surface area (Å²) in [5, 5.41) is 0. The Labute approximate surface area is 87.7 Å². The lowest BCUT2D eigenvalue weighted by molar-refractivity contribution is 0.415. The van der Waals surface area contributed by atoms with Gasteiger partial charge in [-0.25, -0.2) is 4.98 Å². The van der Waals surface area contributed by atoms with Crippen LogP contribution in [0.3, 0.4) is 0 Å². The van der Waals surface area contributed by atoms with Crippen molar-refractivity contribution in [1.82, 2.24) is 9.97 Å². The number of pyridine rings is 2. The second-order valence-corrected chi connectivity index (χ2v) is 3.02. The van der Waals surface area contributed by atoms with Gasteiger partial charge in [-0.1, -0.05) is 0 Å². The van der Waals surface area contributed by atoms with Crippen molar-refractivity contribution in [3.63, 3.8) is 0 Å². The zero-order valence-electron chi connectivity index (χ0n) is 8.34. The highest BCUT2D eigenvalue weighted by Crippen LogP contribution is 2.23. The molecule has 4 heteroatoms. The van der Waals surface area contributed by atoms with Crippen molar-refractivity contribution in [2.45, 2.75) is 0 Å². The highest BCUT2D eigenvalue weighted by molar-refractivity contribution is 5.62. The number of anilines is 1. The maximum atomic E-state index is 5.72. The lowest BCUT2D eigenvalue weighted by atomic mass is 10.2. The van der Waals surface area contributed by atoms with E-state index in [0.29, 0.717) is 11.6 Å². The van der Waals surface area contributed by atoms with Crippen LogP contribution >= 0.6 is 0 Å². The second kappa shape index (κ2) is 3.96. The number of nitrogens with two attached hydrogens (primary N) is 1. The van der Waals surface area contributed by atoms with Crippen molar-refractivity contribution in [1.29, 1.82) is 0 Å². The van der Waals surface area contributed by atoms with Crippen molar-refractivity contribution >= 4 is 5.82 Å². The quantitative estimate of drug-likeness (QED) is 0.803. The van der Waals surface area contributed by atoms with E-state index in [1.54, 1.807) is 25.6 Å². The van der Waals surface area contributed by atoms with E-state index in [4.69, 9.17) is 10.5 Å². The molecule has 2 N–H and O–H groups in total. The molecule has 0 bridgehead atoms. The summed E-state index contributed by atoms with van der Waals surface area (Å²) in [5.74, 6) is 0.986. The largest absolute Gasteiger partial charge is 0.493 e. The Bertz CT molecular complexity index is 457. The van der Waals surface area contributed by atoms with Gasteiger partial charge in [0.05, 0.1) is 12.8 Å². The molecule has 0 aliphatic heterocycles. The van der Waals surface area contributed by atoms with Crippen molar-refractivity contribution in [2.24, 2.45) is 0 Å². The predicted octanol–water partition coefficient (Wildman–Crippen LogP) is 1.73. The number of hydrogen-bond acceptors (Lipinski definition) is 4. The Morgan fingerprint density at radius 1 is 1.13 bits per heavy atom. The molecule has 2 aromatic rings. The van der Waals surface area contributed by atoms with E-state index in [9.17, 15) is 0 Å². The van der Waals surface area contributed by atoms with Gasteiger partial charge in [-0.2, -0.15) is 0 Å². The van der Waals surface area contributed by atoms with Crippen molar-refractivity contribution < 1.29 is 4.74 Å². The van der Waals surface area contributed by atoms with Gasteiger partial charge in [0, 0.05) is 18.0 Å². The minimum absolute atomic E-state index is 0.395. The smallest absolute Gasteiger partial charge is 0.166 e. The number of aromatic nitrogens is 2. The first-order valence-corrected chi connectivity index (χ1v) is 4.52. The third-order valence-corrected chi connectivity index (χ3v) is 2.08. The fraction of sp³-hybridized carbons (Fsp3) is 0.0909. The molecule has 0 aliphatic rings. The van der Waals surface area contributed by atoms with Crippen molar-refractivity contribution in [2.75, 3.05) is 12.8 Å². The zero-order valence-corrected chi connectivity index (χ0v) is 8.34. The molecule has 76 valence electrons. The van der Waals surface area contributed by atoms with E-state index < -0.39 is 0 Å². The fourth-order valence-electron chi connectivity index (χ4n) is 1.32. The standard InChI is InChI=1S/C11H11N3O/c1-15-10-3-2-9(14-11(10)12)8-4-6-13-7-5-8/h2-7H,1H3,(H2,12,14). The number of rotatable bonds is 2. The molecule has 0 amide bonds. The highest BCUT2D eigenvalue weighted by Gasteiger charge is 2.03. The van der Waals surface area contributed by atoms with Gasteiger partial charge in [0.1, 0.15) is 0 Å². The Morgan fingerprint density at radius 3 is 2.47 bits per heavy atom. The molecule has 2 rings (SSSR count). The molecule has 2 aromatic heterocycles. The van der Waals surface area contributed by atoms with Crippen molar-refractivity contribution in [3.8, 4) is 17.0 Å². The number of nitrogens with zero attached hydrogens (tertiary/aromatic N) is 2. The van der Waals surface area contributed by atoms with Gasteiger partial charge < -0.3 is 10.5 Å². The normalized spacial score (nSPS) is 9.93. The highest BCUT2D eigenvalue weighted by atomic mass is 16.5. The molecule has 0 aromatic carbocycles. The molecule has 0 spiro atoms. The average molecular weight is 201 g/mol. The van der Waals surface area contributed by atoms with Crippen LogP contribution in [0, 0.1) is 0 Å². The molecule has 0 aliphatic carbocycles. The Hall–Kier alpha value is -2.10. The predicted molar refractivity (Wildman–Crippen MR) is 58.4 cm³/mol. The summed E-state index contributed by atoms with van der Waals surface area (Å²) in [7, 11) is 1.57. The molecular weight excluding hydrogens is 190 g/mol. The third-order valence-electron chi connectivity index (χ3n) is 2.08. The van der Waals surface area contributed by atoms with Gasteiger partial charge in [-0.15, -0.1) is 0 Å². The van der Waals surface area contributed by atoms with E-state index in [-0.39, 0.29) is 0 Å². The maximum Gasteiger partial charge on any atom is 0.166 e. The van der Waals surface area contributed by atoms with Gasteiger partial charge in [-0.3, -0.25) is 4.98 Å². The van der Waals surface area contributed by atoms with E-state index in [1.165, 1.54) is 0 Å². The molecular formula is C11H11N3O. The average Bonchev–Trinajstić information content (AvgIpc) is 2.30. The number of hydrogen-bond donors (Lipinski definition) is 1. The second-order valence-electron chi connectivity index (χ2n) is 3.02. The molecule has 2 heterocycles. The summed E-state index contributed by atoms with van der Waals surface area (Å²) in [5.41, 5.74) is 7.52. The monoisotopic (exact) mass is 201 g/mol. The first-order chi connectivity index (χ1) is 7.31. The van der Waals surface area contributed by atoms with Crippen LogP contribution in [-0.4, -0.2) is 17.1 Å². The molecule has 0 saturated heterocycles. The molecule has 0 unspecified atom stereocenters. The summed E-state index contributed by atoms with van der Waals surface area (Å²) >= 11 is 0. The number of nitrogen functional groups attached to an aromatic ring is 1. The number of ether oxygens (including phenoxy) is 1. The van der Waals surface area contributed by atoms with E-state index in [2.05, 4.69) is 9.97 Å². The molecule has 0 saturated carbocycles. The molecule has 15 heavy (non-hydrogen) atoms. The van der Waals surface area contributed by atoms with Crippen molar-refractivity contribution in [3.05, 3.63) is 36.7 Å². The fourth-order valence-corrected chi connectivity index (χ4v) is 1.32. The third kappa shape index (κ3) is 1.88. The van der Waals surface area contributed by atoms with E-state index in [1.807, 2.05) is 18.2 Å². The molecule has 0 radical (unpaired) electrons. The van der Waals surface area contributed by atoms with Crippen LogP contribution in [0.25, 0.3) is 11.3 Å². The van der Waals surface area contributed by atoms with Crippen LogP contribution in [-0.2, 0) is 0 Å². The minimum atomic E-state index is 0.395. The van der Waals surface area contributed by atoms with Gasteiger partial charge in [0.2, 0.25) is 0 Å². The lowest BCUT2D eigenvalue weighted by Gasteiger charge is -2.05. The van der Waals surface area contributed by atoms with Gasteiger partial charge in [0.25, 0.3) is 0 Å². The van der Waals surface area contributed by atoms with Gasteiger partial charge >= 0.3 is 0 Å². The first-order valence-electron chi connectivity index (χ1n) is 4.52. The van der Waals surface area contributed by atoms with Crippen LogP contribution < -0.4 is 10.5 Å². The Morgan fingerprint density at radius 2 is 1.87 bits per heavy atom.